The van der Waals surface area contributed by atoms with Crippen molar-refractivity contribution in [3.63, 3.8) is 0 Å². The van der Waals surface area contributed by atoms with Crippen molar-refractivity contribution in [1.29, 1.82) is 0 Å². The van der Waals surface area contributed by atoms with E-state index in [-0.39, 0.29) is 23.7 Å². The number of rotatable bonds is 3. The lowest BCUT2D eigenvalue weighted by Crippen LogP contribution is -2.49. The summed E-state index contributed by atoms with van der Waals surface area (Å²) < 4.78 is 0. The highest BCUT2D eigenvalue weighted by Crippen LogP contribution is 2.28. The quantitative estimate of drug-likeness (QED) is 0.802. The first kappa shape index (κ1) is 16.3. The Kier molecular flexibility index (Phi) is 5.28. The molecule has 2 fully saturated rings. The second-order valence-electron chi connectivity index (χ2n) is 7.26. The molecular weight excluding hydrogens is 264 g/mol. The van der Waals surface area contributed by atoms with Crippen molar-refractivity contribution >= 4 is 11.8 Å². The van der Waals surface area contributed by atoms with E-state index < -0.39 is 0 Å². The molecule has 0 radical (unpaired) electrons. The van der Waals surface area contributed by atoms with Crippen LogP contribution in [0.15, 0.2) is 0 Å². The highest BCUT2D eigenvalue weighted by Gasteiger charge is 2.37. The Balaban J connectivity index is 2.00. The molecule has 2 atom stereocenters. The molecule has 0 bridgehead atoms. The normalized spacial score (nSPS) is 26.8. The van der Waals surface area contributed by atoms with Crippen molar-refractivity contribution in [3.05, 3.63) is 0 Å². The summed E-state index contributed by atoms with van der Waals surface area (Å²) in [4.78, 5) is 29.0. The number of hydrogen-bond donors (Lipinski definition) is 0. The van der Waals surface area contributed by atoms with Gasteiger partial charge in [-0.1, -0.05) is 27.7 Å². The molecule has 2 amide bonds. The molecule has 4 nitrogen and oxygen atoms in total. The fourth-order valence-electron chi connectivity index (χ4n) is 3.74. The Hall–Kier alpha value is -1.06. The van der Waals surface area contributed by atoms with E-state index in [0.29, 0.717) is 18.5 Å². The maximum atomic E-state index is 12.8. The van der Waals surface area contributed by atoms with Gasteiger partial charge in [-0.3, -0.25) is 9.59 Å². The fourth-order valence-corrected chi connectivity index (χ4v) is 3.74. The summed E-state index contributed by atoms with van der Waals surface area (Å²) in [6, 6.07) is 0.397. The molecule has 4 heteroatoms. The molecule has 0 spiro atoms. The van der Waals surface area contributed by atoms with Crippen molar-refractivity contribution in [2.45, 2.75) is 59.4 Å². The summed E-state index contributed by atoms with van der Waals surface area (Å²) in [5, 5.41) is 0. The lowest BCUT2D eigenvalue weighted by molar-refractivity contribution is -0.143. The minimum Gasteiger partial charge on any atom is -0.342 e. The monoisotopic (exact) mass is 294 g/mol. The third kappa shape index (κ3) is 3.58. The third-order valence-corrected chi connectivity index (χ3v) is 4.93. The maximum absolute atomic E-state index is 12.8. The number of piperidine rings is 1. The van der Waals surface area contributed by atoms with Crippen LogP contribution in [0.5, 0.6) is 0 Å². The van der Waals surface area contributed by atoms with E-state index in [1.807, 2.05) is 18.7 Å². The number of carbonyl (C=O) groups excluding carboxylic acids is 2. The SMILES string of the molecule is CC(C)C(=O)N1CCC[C@H](C(=O)N2CCC[C@H]2C(C)C)C1. The van der Waals surface area contributed by atoms with Gasteiger partial charge >= 0.3 is 0 Å². The van der Waals surface area contributed by atoms with Gasteiger partial charge in [-0.15, -0.1) is 0 Å². The molecule has 120 valence electrons. The third-order valence-electron chi connectivity index (χ3n) is 4.93. The minimum absolute atomic E-state index is 0.0146. The molecule has 2 aliphatic heterocycles. The van der Waals surface area contributed by atoms with Crippen LogP contribution in [0, 0.1) is 17.8 Å². The molecule has 21 heavy (non-hydrogen) atoms. The molecule has 0 aromatic carbocycles. The first-order valence-corrected chi connectivity index (χ1v) is 8.51. The zero-order valence-electron chi connectivity index (χ0n) is 14.0. The predicted octanol–water partition coefficient (Wildman–Crippen LogP) is 2.53. The summed E-state index contributed by atoms with van der Waals surface area (Å²) in [6.45, 7) is 10.6. The zero-order valence-corrected chi connectivity index (χ0v) is 14.0. The molecule has 0 N–H and O–H groups in total. The van der Waals surface area contributed by atoms with Crippen LogP contribution in [0.25, 0.3) is 0 Å². The van der Waals surface area contributed by atoms with Crippen molar-refractivity contribution in [1.82, 2.24) is 9.80 Å². The average Bonchev–Trinajstić information content (AvgIpc) is 2.95. The van der Waals surface area contributed by atoms with Crippen molar-refractivity contribution in [3.8, 4) is 0 Å². The lowest BCUT2D eigenvalue weighted by atomic mass is 9.94. The molecule has 0 unspecified atom stereocenters. The van der Waals surface area contributed by atoms with Crippen LogP contribution < -0.4 is 0 Å². The Labute approximate surface area is 128 Å². The largest absolute Gasteiger partial charge is 0.342 e. The number of likely N-dealkylation sites (tertiary alicyclic amines) is 2. The van der Waals surface area contributed by atoms with Gasteiger partial charge in [0.2, 0.25) is 11.8 Å². The summed E-state index contributed by atoms with van der Waals surface area (Å²) in [5.41, 5.74) is 0. The molecule has 2 aliphatic rings. The first-order valence-electron chi connectivity index (χ1n) is 8.51. The van der Waals surface area contributed by atoms with Gasteiger partial charge in [-0.25, -0.2) is 0 Å². The molecule has 0 aliphatic carbocycles. The van der Waals surface area contributed by atoms with Gasteiger partial charge < -0.3 is 9.80 Å². The van der Waals surface area contributed by atoms with Crippen molar-refractivity contribution < 1.29 is 9.59 Å². The highest BCUT2D eigenvalue weighted by molar-refractivity contribution is 5.82. The van der Waals surface area contributed by atoms with E-state index in [0.717, 1.165) is 38.8 Å². The first-order chi connectivity index (χ1) is 9.91. The number of hydrogen-bond acceptors (Lipinski definition) is 2. The summed E-state index contributed by atoms with van der Waals surface area (Å²) in [7, 11) is 0. The Morgan fingerprint density at radius 1 is 1.00 bits per heavy atom. The van der Waals surface area contributed by atoms with E-state index in [4.69, 9.17) is 0 Å². The van der Waals surface area contributed by atoms with E-state index >= 15 is 0 Å². The van der Waals surface area contributed by atoms with Gasteiger partial charge in [0.15, 0.2) is 0 Å². The van der Waals surface area contributed by atoms with Crippen molar-refractivity contribution in [2.24, 2.45) is 17.8 Å². The Morgan fingerprint density at radius 2 is 1.67 bits per heavy atom. The van der Waals surface area contributed by atoms with E-state index in [9.17, 15) is 9.59 Å². The van der Waals surface area contributed by atoms with E-state index in [1.54, 1.807) is 0 Å². The standard InChI is InChI=1S/C17H30N2O2/c1-12(2)15-8-6-10-19(15)17(21)14-7-5-9-18(11-14)16(20)13(3)4/h12-15H,5-11H2,1-4H3/t14-,15-/m0/s1. The van der Waals surface area contributed by atoms with Crippen molar-refractivity contribution in [2.75, 3.05) is 19.6 Å². The molecule has 2 rings (SSSR count). The van der Waals surface area contributed by atoms with E-state index in [2.05, 4.69) is 18.7 Å². The number of amides is 2. The van der Waals surface area contributed by atoms with E-state index in [1.165, 1.54) is 0 Å². The number of carbonyl (C=O) groups is 2. The van der Waals surface area contributed by atoms with Crippen LogP contribution in [0.1, 0.15) is 53.4 Å². The van der Waals surface area contributed by atoms with Crippen LogP contribution in [0.2, 0.25) is 0 Å². The Bertz CT molecular complexity index is 392. The second-order valence-corrected chi connectivity index (χ2v) is 7.26. The van der Waals surface area contributed by atoms with Crippen LogP contribution in [0.3, 0.4) is 0 Å². The summed E-state index contributed by atoms with van der Waals surface area (Å²) >= 11 is 0. The van der Waals surface area contributed by atoms with Crippen LogP contribution >= 0.6 is 0 Å². The average molecular weight is 294 g/mol. The Morgan fingerprint density at radius 3 is 2.29 bits per heavy atom. The summed E-state index contributed by atoms with van der Waals surface area (Å²) in [6.07, 6.45) is 4.14. The zero-order chi connectivity index (χ0) is 15.6. The lowest BCUT2D eigenvalue weighted by Gasteiger charge is -2.37. The molecule has 0 saturated carbocycles. The smallest absolute Gasteiger partial charge is 0.227 e. The molecule has 2 saturated heterocycles. The van der Waals surface area contributed by atoms with Gasteiger partial charge in [0.1, 0.15) is 0 Å². The second kappa shape index (κ2) is 6.80. The minimum atomic E-state index is 0.0146. The molecule has 0 aromatic heterocycles. The maximum Gasteiger partial charge on any atom is 0.227 e. The van der Waals surface area contributed by atoms with Crippen LogP contribution in [-0.4, -0.2) is 47.3 Å². The number of nitrogens with zero attached hydrogens (tertiary/aromatic N) is 2. The fraction of sp³-hybridized carbons (Fsp3) is 0.882. The van der Waals surface area contributed by atoms with Crippen LogP contribution in [0.4, 0.5) is 0 Å². The van der Waals surface area contributed by atoms with Crippen LogP contribution in [-0.2, 0) is 9.59 Å². The van der Waals surface area contributed by atoms with Gasteiger partial charge in [0.05, 0.1) is 5.92 Å². The van der Waals surface area contributed by atoms with Gasteiger partial charge in [0, 0.05) is 31.6 Å². The summed E-state index contributed by atoms with van der Waals surface area (Å²) in [5.74, 6) is 1.03. The highest BCUT2D eigenvalue weighted by atomic mass is 16.2. The van der Waals surface area contributed by atoms with Gasteiger partial charge in [-0.05, 0) is 31.6 Å². The topological polar surface area (TPSA) is 40.6 Å². The van der Waals surface area contributed by atoms with Gasteiger partial charge in [-0.2, -0.15) is 0 Å². The molecular formula is C17H30N2O2. The predicted molar refractivity (Wildman–Crippen MR) is 83.7 cm³/mol. The van der Waals surface area contributed by atoms with Gasteiger partial charge in [0.25, 0.3) is 0 Å². The molecule has 0 aromatic rings. The molecule has 2 heterocycles.